The highest BCUT2D eigenvalue weighted by atomic mass is 35.5. The molecule has 1 N–H and O–H groups in total. The average Bonchev–Trinajstić information content (AvgIpc) is 3.27. The molecule has 1 amide bonds. The summed E-state index contributed by atoms with van der Waals surface area (Å²) in [6, 6.07) is 23.4. The van der Waals surface area contributed by atoms with E-state index < -0.39 is 0 Å². The SMILES string of the molecule is COc1cccc(OCCCn2c(CCCCCNC(=O)Cc3ccc(Cl)cc3)nc3ccccc32)c1. The predicted octanol–water partition coefficient (Wildman–Crippen LogP) is 6.24. The number of unbranched alkanes of at least 4 members (excludes halogenated alkanes) is 2. The molecule has 1 aromatic heterocycles. The number of hydrogen-bond donors (Lipinski definition) is 1. The largest absolute Gasteiger partial charge is 0.497 e. The Morgan fingerprint density at radius 1 is 0.946 bits per heavy atom. The number of halogens is 1. The highest BCUT2D eigenvalue weighted by Crippen LogP contribution is 2.21. The Morgan fingerprint density at radius 3 is 2.59 bits per heavy atom. The number of benzene rings is 3. The van der Waals surface area contributed by atoms with E-state index in [2.05, 4.69) is 28.1 Å². The Morgan fingerprint density at radius 2 is 1.76 bits per heavy atom. The van der Waals surface area contributed by atoms with E-state index in [1.807, 2.05) is 54.6 Å². The smallest absolute Gasteiger partial charge is 0.224 e. The molecule has 0 saturated heterocycles. The Balaban J connectivity index is 1.21. The molecule has 194 valence electrons. The van der Waals surface area contributed by atoms with Crippen LogP contribution in [0.4, 0.5) is 0 Å². The predicted molar refractivity (Wildman–Crippen MR) is 149 cm³/mol. The summed E-state index contributed by atoms with van der Waals surface area (Å²) in [5.41, 5.74) is 3.16. The van der Waals surface area contributed by atoms with E-state index in [4.69, 9.17) is 26.1 Å². The third kappa shape index (κ3) is 7.99. The number of carbonyl (C=O) groups excluding carboxylic acids is 1. The molecule has 0 aliphatic heterocycles. The lowest BCUT2D eigenvalue weighted by atomic mass is 10.1. The molecule has 0 atom stereocenters. The van der Waals surface area contributed by atoms with E-state index in [1.54, 1.807) is 7.11 Å². The molecule has 0 fully saturated rings. The maximum Gasteiger partial charge on any atom is 0.224 e. The normalized spacial score (nSPS) is 11.0. The number of aromatic nitrogens is 2. The summed E-state index contributed by atoms with van der Waals surface area (Å²) in [7, 11) is 1.66. The highest BCUT2D eigenvalue weighted by molar-refractivity contribution is 6.30. The van der Waals surface area contributed by atoms with Gasteiger partial charge in [-0.15, -0.1) is 0 Å². The quantitative estimate of drug-likeness (QED) is 0.200. The second-order valence-corrected chi connectivity index (χ2v) is 9.45. The molecule has 0 spiro atoms. The third-order valence-electron chi connectivity index (χ3n) is 6.25. The number of rotatable bonds is 14. The number of hydrogen-bond acceptors (Lipinski definition) is 4. The van der Waals surface area contributed by atoms with Crippen molar-refractivity contribution in [2.75, 3.05) is 20.3 Å². The molecule has 4 aromatic rings. The van der Waals surface area contributed by atoms with Gasteiger partial charge >= 0.3 is 0 Å². The van der Waals surface area contributed by atoms with Gasteiger partial charge in [-0.05, 0) is 61.2 Å². The standard InChI is InChI=1S/C30H34ClN3O3/c1-36-25-9-7-10-26(22-25)37-20-8-19-34-28-12-5-4-11-27(28)33-29(34)13-3-2-6-18-32-30(35)21-23-14-16-24(31)17-15-23/h4-5,7,9-12,14-17,22H,2-3,6,8,13,18-21H2,1H3,(H,32,35). The van der Waals surface area contributed by atoms with Gasteiger partial charge in [-0.3, -0.25) is 4.79 Å². The fourth-order valence-electron chi connectivity index (χ4n) is 4.33. The maximum absolute atomic E-state index is 12.2. The molecule has 3 aromatic carbocycles. The van der Waals surface area contributed by atoms with E-state index in [1.165, 1.54) is 0 Å². The first-order valence-corrected chi connectivity index (χ1v) is 13.2. The minimum atomic E-state index is 0.0419. The summed E-state index contributed by atoms with van der Waals surface area (Å²) in [5, 5.41) is 3.70. The van der Waals surface area contributed by atoms with Crippen molar-refractivity contribution in [1.82, 2.24) is 14.9 Å². The molecule has 0 aliphatic carbocycles. The van der Waals surface area contributed by atoms with Gasteiger partial charge in [0.2, 0.25) is 5.91 Å². The molecule has 37 heavy (non-hydrogen) atoms. The molecule has 1 heterocycles. The number of aryl methyl sites for hydroxylation is 2. The second-order valence-electron chi connectivity index (χ2n) is 9.01. The molecule has 0 unspecified atom stereocenters. The number of nitrogens with zero attached hydrogens (tertiary/aromatic N) is 2. The van der Waals surface area contributed by atoms with Crippen LogP contribution in [0.1, 0.15) is 37.1 Å². The molecule has 6 nitrogen and oxygen atoms in total. The molecule has 4 rings (SSSR count). The topological polar surface area (TPSA) is 65.4 Å². The molecule has 7 heteroatoms. The molecule has 0 aliphatic rings. The zero-order valence-electron chi connectivity index (χ0n) is 21.3. The van der Waals surface area contributed by atoms with Crippen molar-refractivity contribution in [3.8, 4) is 11.5 Å². The van der Waals surface area contributed by atoms with Gasteiger partial charge in [0.15, 0.2) is 0 Å². The lowest BCUT2D eigenvalue weighted by Gasteiger charge is -2.11. The number of para-hydroxylation sites is 2. The molecule has 0 bridgehead atoms. The van der Waals surface area contributed by atoms with Crippen LogP contribution in [0.5, 0.6) is 11.5 Å². The van der Waals surface area contributed by atoms with Crippen LogP contribution >= 0.6 is 11.6 Å². The lowest BCUT2D eigenvalue weighted by Crippen LogP contribution is -2.26. The third-order valence-corrected chi connectivity index (χ3v) is 6.50. The van der Waals surface area contributed by atoms with Crippen LogP contribution in [0.2, 0.25) is 5.02 Å². The first-order chi connectivity index (χ1) is 18.1. The van der Waals surface area contributed by atoms with Gasteiger partial charge in [-0.25, -0.2) is 4.98 Å². The van der Waals surface area contributed by atoms with Gasteiger partial charge in [-0.2, -0.15) is 0 Å². The van der Waals surface area contributed by atoms with E-state index in [-0.39, 0.29) is 5.91 Å². The fraction of sp³-hybridized carbons (Fsp3) is 0.333. The maximum atomic E-state index is 12.2. The van der Waals surface area contributed by atoms with Crippen LogP contribution in [0.3, 0.4) is 0 Å². The summed E-state index contributed by atoms with van der Waals surface area (Å²) in [6.45, 7) is 2.15. The summed E-state index contributed by atoms with van der Waals surface area (Å²) in [6.07, 6.45) is 5.16. The van der Waals surface area contributed by atoms with Crippen molar-refractivity contribution in [3.05, 3.63) is 89.2 Å². The van der Waals surface area contributed by atoms with Crippen molar-refractivity contribution in [1.29, 1.82) is 0 Å². The van der Waals surface area contributed by atoms with Gasteiger partial charge in [0, 0.05) is 30.6 Å². The summed E-state index contributed by atoms with van der Waals surface area (Å²) in [4.78, 5) is 17.1. The Hall–Kier alpha value is -3.51. The van der Waals surface area contributed by atoms with Crippen molar-refractivity contribution in [3.63, 3.8) is 0 Å². The number of fused-ring (bicyclic) bond motifs is 1. The van der Waals surface area contributed by atoms with Crippen LogP contribution in [0, 0.1) is 0 Å². The van der Waals surface area contributed by atoms with Gasteiger partial charge in [-0.1, -0.05) is 48.4 Å². The van der Waals surface area contributed by atoms with Crippen LogP contribution in [-0.2, 0) is 24.2 Å². The molecular formula is C30H34ClN3O3. The first kappa shape index (κ1) is 26.6. The lowest BCUT2D eigenvalue weighted by molar-refractivity contribution is -0.120. The van der Waals surface area contributed by atoms with Crippen molar-refractivity contribution >= 4 is 28.5 Å². The van der Waals surface area contributed by atoms with Crippen molar-refractivity contribution in [2.45, 2.75) is 45.1 Å². The first-order valence-electron chi connectivity index (χ1n) is 12.8. The summed E-state index contributed by atoms with van der Waals surface area (Å²) in [5.74, 6) is 2.76. The van der Waals surface area contributed by atoms with Crippen LogP contribution < -0.4 is 14.8 Å². The van der Waals surface area contributed by atoms with Gasteiger partial charge in [0.1, 0.15) is 17.3 Å². The van der Waals surface area contributed by atoms with Gasteiger partial charge < -0.3 is 19.4 Å². The van der Waals surface area contributed by atoms with Crippen LogP contribution in [0.25, 0.3) is 11.0 Å². The van der Waals surface area contributed by atoms with Gasteiger partial charge in [0.25, 0.3) is 0 Å². The van der Waals surface area contributed by atoms with Crippen LogP contribution in [-0.4, -0.2) is 35.7 Å². The Labute approximate surface area is 223 Å². The Kier molecular flexibility index (Phi) is 9.83. The summed E-state index contributed by atoms with van der Waals surface area (Å²) < 4.78 is 13.5. The zero-order valence-corrected chi connectivity index (χ0v) is 22.0. The number of ether oxygens (including phenoxy) is 2. The monoisotopic (exact) mass is 519 g/mol. The minimum absolute atomic E-state index is 0.0419. The number of imidazole rings is 1. The van der Waals surface area contributed by atoms with E-state index in [0.717, 1.165) is 72.6 Å². The zero-order chi connectivity index (χ0) is 25.9. The summed E-state index contributed by atoms with van der Waals surface area (Å²) >= 11 is 5.91. The number of amides is 1. The minimum Gasteiger partial charge on any atom is -0.497 e. The van der Waals surface area contributed by atoms with E-state index in [0.29, 0.717) is 24.6 Å². The van der Waals surface area contributed by atoms with E-state index >= 15 is 0 Å². The molecule has 0 radical (unpaired) electrons. The highest BCUT2D eigenvalue weighted by Gasteiger charge is 2.10. The van der Waals surface area contributed by atoms with Gasteiger partial charge in [0.05, 0.1) is 31.2 Å². The Bertz CT molecular complexity index is 1290. The number of carbonyl (C=O) groups is 1. The number of nitrogens with one attached hydrogen (secondary N) is 1. The molecule has 0 saturated carbocycles. The van der Waals surface area contributed by atoms with Crippen molar-refractivity contribution < 1.29 is 14.3 Å². The van der Waals surface area contributed by atoms with Crippen LogP contribution in [0.15, 0.2) is 72.8 Å². The fourth-order valence-corrected chi connectivity index (χ4v) is 4.46. The number of methoxy groups -OCH3 is 1. The molecular weight excluding hydrogens is 486 g/mol. The van der Waals surface area contributed by atoms with E-state index in [9.17, 15) is 4.79 Å². The second kappa shape index (κ2) is 13.7. The van der Waals surface area contributed by atoms with Crippen molar-refractivity contribution in [2.24, 2.45) is 0 Å². The average molecular weight is 520 g/mol.